The van der Waals surface area contributed by atoms with Gasteiger partial charge in [-0.15, -0.1) is 11.8 Å². The van der Waals surface area contributed by atoms with Gasteiger partial charge in [0.25, 0.3) is 5.91 Å². The molecule has 1 fully saturated rings. The van der Waals surface area contributed by atoms with Crippen molar-refractivity contribution in [1.29, 1.82) is 0 Å². The number of piperazine rings is 1. The first-order valence-electron chi connectivity index (χ1n) is 12.8. The molecule has 5 rings (SSSR count). The van der Waals surface area contributed by atoms with Gasteiger partial charge < -0.3 is 19.4 Å². The average Bonchev–Trinajstić information content (AvgIpc) is 3.07. The predicted molar refractivity (Wildman–Crippen MR) is 149 cm³/mol. The number of amidine groups is 1. The number of hydrogen-bond acceptors (Lipinski definition) is 6. The van der Waals surface area contributed by atoms with Crippen molar-refractivity contribution in [2.24, 2.45) is 4.99 Å². The van der Waals surface area contributed by atoms with Gasteiger partial charge in [-0.1, -0.05) is 13.2 Å². The lowest BCUT2D eigenvalue weighted by Crippen LogP contribution is -2.60. The van der Waals surface area contributed by atoms with Crippen LogP contribution in [-0.4, -0.2) is 72.2 Å². The zero-order valence-electron chi connectivity index (χ0n) is 22.4. The molecule has 0 unspecified atom stereocenters. The second-order valence-corrected chi connectivity index (χ2v) is 11.3. The van der Waals surface area contributed by atoms with Crippen molar-refractivity contribution in [3.63, 3.8) is 0 Å². The van der Waals surface area contributed by atoms with Crippen molar-refractivity contribution in [3.8, 4) is 11.1 Å². The van der Waals surface area contributed by atoms with Crippen LogP contribution in [0.3, 0.4) is 0 Å². The average molecular weight is 557 g/mol. The summed E-state index contributed by atoms with van der Waals surface area (Å²) in [5.41, 5.74) is 3.56. The zero-order chi connectivity index (χ0) is 28.2. The number of hydrogen-bond donors (Lipinski definition) is 0. The van der Waals surface area contributed by atoms with Gasteiger partial charge in [-0.3, -0.25) is 4.79 Å². The minimum absolute atomic E-state index is 0.127. The van der Waals surface area contributed by atoms with E-state index in [2.05, 4.69) is 18.1 Å². The van der Waals surface area contributed by atoms with Gasteiger partial charge >= 0.3 is 0 Å². The molecule has 2 aromatic carbocycles. The maximum absolute atomic E-state index is 15.1. The topological polar surface area (TPSA) is 48.4 Å². The van der Waals surface area contributed by atoms with Gasteiger partial charge in [0, 0.05) is 65.7 Å². The minimum Gasteiger partial charge on any atom is -0.379 e. The first kappa shape index (κ1) is 27.3. The maximum atomic E-state index is 15.1. The molecule has 0 bridgehead atoms. The fourth-order valence-electron chi connectivity index (χ4n) is 5.80. The molecule has 0 N–H and O–H groups in total. The van der Waals surface area contributed by atoms with Crippen LogP contribution in [0.25, 0.3) is 11.1 Å². The van der Waals surface area contributed by atoms with E-state index >= 15 is 4.39 Å². The van der Waals surface area contributed by atoms with Crippen molar-refractivity contribution in [1.82, 2.24) is 9.80 Å². The van der Waals surface area contributed by atoms with Crippen molar-refractivity contribution < 1.29 is 22.7 Å². The number of halogens is 3. The number of carbonyl (C=O) groups is 1. The van der Waals surface area contributed by atoms with Crippen LogP contribution >= 0.6 is 11.8 Å². The van der Waals surface area contributed by atoms with E-state index in [1.54, 1.807) is 18.9 Å². The summed E-state index contributed by atoms with van der Waals surface area (Å²) in [5.74, 6) is -1.09. The van der Waals surface area contributed by atoms with Gasteiger partial charge in [-0.05, 0) is 44.5 Å². The molecular formula is C29H31F3N4O2S. The third kappa shape index (κ3) is 4.74. The molecule has 3 aliphatic heterocycles. The fraction of sp³-hybridized carbons (Fsp3) is 0.379. The largest absolute Gasteiger partial charge is 0.379 e. The number of methoxy groups -OCH3 is 1. The van der Waals surface area contributed by atoms with Crippen LogP contribution < -0.4 is 4.90 Å². The highest BCUT2D eigenvalue weighted by Crippen LogP contribution is 2.49. The minimum atomic E-state index is -0.976. The summed E-state index contributed by atoms with van der Waals surface area (Å²) >= 11 is 1.57. The van der Waals surface area contributed by atoms with Crippen LogP contribution in [0.1, 0.15) is 25.0 Å². The summed E-state index contributed by atoms with van der Waals surface area (Å²) in [6.07, 6.45) is -0.127. The Morgan fingerprint density at radius 3 is 2.44 bits per heavy atom. The van der Waals surface area contributed by atoms with Gasteiger partial charge in [-0.25, -0.2) is 18.2 Å². The third-order valence-electron chi connectivity index (χ3n) is 7.53. The molecule has 0 aliphatic carbocycles. The Morgan fingerprint density at radius 2 is 1.82 bits per heavy atom. The number of thioether (sulfide) groups is 1. The van der Waals surface area contributed by atoms with Crippen molar-refractivity contribution in [2.45, 2.75) is 43.9 Å². The smallest absolute Gasteiger partial charge is 0.282 e. The summed E-state index contributed by atoms with van der Waals surface area (Å²) in [6, 6.07) is 5.05. The van der Waals surface area contributed by atoms with Crippen molar-refractivity contribution in [3.05, 3.63) is 71.8 Å². The highest BCUT2D eigenvalue weighted by molar-refractivity contribution is 7.99. The molecule has 39 heavy (non-hydrogen) atoms. The molecule has 2 aromatic rings. The molecule has 0 saturated carbocycles. The van der Waals surface area contributed by atoms with Crippen LogP contribution in [0, 0.1) is 18.6 Å². The predicted octanol–water partition coefficient (Wildman–Crippen LogP) is 5.50. The summed E-state index contributed by atoms with van der Waals surface area (Å²) in [7, 11) is 1.66. The molecule has 3 heterocycles. The van der Waals surface area contributed by atoms with E-state index in [-0.39, 0.29) is 18.2 Å². The second kappa shape index (κ2) is 10.4. The van der Waals surface area contributed by atoms with Crippen molar-refractivity contribution >= 4 is 29.2 Å². The quantitative estimate of drug-likeness (QED) is 0.467. The van der Waals surface area contributed by atoms with E-state index < -0.39 is 23.4 Å². The Morgan fingerprint density at radius 1 is 1.13 bits per heavy atom. The summed E-state index contributed by atoms with van der Waals surface area (Å²) < 4.78 is 48.4. The molecule has 1 amide bonds. The van der Waals surface area contributed by atoms with E-state index in [0.717, 1.165) is 27.8 Å². The number of anilines is 1. The molecule has 1 saturated heterocycles. The van der Waals surface area contributed by atoms with Gasteiger partial charge in [0.2, 0.25) is 0 Å². The number of aryl methyl sites for hydroxylation is 1. The molecule has 6 nitrogen and oxygen atoms in total. The lowest BCUT2D eigenvalue weighted by molar-refractivity contribution is -0.135. The lowest BCUT2D eigenvalue weighted by atomic mass is 9.93. The normalized spacial score (nSPS) is 22.8. The lowest BCUT2D eigenvalue weighted by Gasteiger charge is -2.46. The maximum Gasteiger partial charge on any atom is 0.282 e. The van der Waals surface area contributed by atoms with Gasteiger partial charge in [0.05, 0.1) is 18.3 Å². The number of aliphatic imine (C=N–C) groups is 1. The Kier molecular flexibility index (Phi) is 7.28. The zero-order valence-corrected chi connectivity index (χ0v) is 23.2. The number of nitrogens with zero attached hydrogens (tertiary/aromatic N) is 4. The summed E-state index contributed by atoms with van der Waals surface area (Å²) in [4.78, 5) is 23.9. The van der Waals surface area contributed by atoms with Crippen LogP contribution in [0.2, 0.25) is 0 Å². The Balaban J connectivity index is 1.65. The number of amides is 1. The second-order valence-electron chi connectivity index (χ2n) is 10.3. The van der Waals surface area contributed by atoms with Crippen molar-refractivity contribution in [2.75, 3.05) is 37.4 Å². The molecule has 0 aromatic heterocycles. The Hall–Kier alpha value is -3.24. The molecule has 0 spiro atoms. The molecule has 10 heteroatoms. The Labute approximate surface area is 230 Å². The number of ether oxygens (including phenoxy) is 1. The van der Waals surface area contributed by atoms with Gasteiger partial charge in [0.1, 0.15) is 23.3 Å². The number of benzene rings is 2. The third-order valence-corrected chi connectivity index (χ3v) is 8.75. The first-order valence-corrected chi connectivity index (χ1v) is 13.8. The van der Waals surface area contributed by atoms with Gasteiger partial charge in [-0.2, -0.15) is 0 Å². The van der Waals surface area contributed by atoms with Gasteiger partial charge in [0.15, 0.2) is 5.83 Å². The van der Waals surface area contributed by atoms with Crippen LogP contribution in [0.4, 0.5) is 18.9 Å². The molecular weight excluding hydrogens is 525 g/mol. The monoisotopic (exact) mass is 556 g/mol. The van der Waals surface area contributed by atoms with E-state index in [0.29, 0.717) is 48.2 Å². The highest BCUT2D eigenvalue weighted by Gasteiger charge is 2.40. The highest BCUT2D eigenvalue weighted by atomic mass is 32.2. The van der Waals surface area contributed by atoms with Crippen LogP contribution in [0.5, 0.6) is 0 Å². The van der Waals surface area contributed by atoms with Crippen LogP contribution in [-0.2, 0) is 9.53 Å². The molecule has 3 atom stereocenters. The Bertz CT molecular complexity index is 1400. The van der Waals surface area contributed by atoms with E-state index in [9.17, 15) is 13.6 Å². The summed E-state index contributed by atoms with van der Waals surface area (Å²) in [6.45, 7) is 14.5. The number of rotatable bonds is 3. The molecule has 0 radical (unpaired) electrons. The number of carbonyl (C=O) groups excluding carboxylic acids is 1. The SMILES string of the molecule is C=C(F)C(=O)N1[C@H](C)CN(C2=NC(=C)N3C[C@H](OC)CSc4c(-c5ccc(F)cc5F)c(C)cc2c43)C[C@@H]1C. The van der Waals surface area contributed by atoms with E-state index in [4.69, 9.17) is 9.73 Å². The standard InChI is InChI=1S/C29H31F3N4O2S/c1-15-9-23-26-27(25(15)22-8-7-20(31)10-24(22)32)39-14-21(38-6)13-35(26)19(5)33-28(23)34-11-16(2)36(17(3)12-34)29(37)18(4)30/h7-10,16-17,21H,4-5,11-14H2,1-3,6H3/t16-,17+,21-/m0/s1. The summed E-state index contributed by atoms with van der Waals surface area (Å²) in [5, 5.41) is 0. The van der Waals surface area contributed by atoms with Crippen LogP contribution in [0.15, 0.2) is 59.0 Å². The van der Waals surface area contributed by atoms with E-state index in [1.165, 1.54) is 17.0 Å². The van der Waals surface area contributed by atoms with E-state index in [1.807, 2.05) is 31.7 Å². The molecule has 3 aliphatic rings. The molecule has 206 valence electrons. The first-order chi connectivity index (χ1) is 18.5. The fourth-order valence-corrected chi connectivity index (χ4v) is 7.17.